The molecule has 0 saturated heterocycles. The molecule has 1 amide bonds. The maximum atomic E-state index is 12.1. The number of carboxylic acids is 1. The van der Waals surface area contributed by atoms with Crippen LogP contribution in [0.5, 0.6) is 5.75 Å². The summed E-state index contributed by atoms with van der Waals surface area (Å²) in [6, 6.07) is 5.28. The number of nitrogens with two attached hydrogens (primary N) is 1. The fourth-order valence-electron chi connectivity index (χ4n) is 2.25. The Morgan fingerprint density at radius 3 is 2.65 bits per heavy atom. The lowest BCUT2D eigenvalue weighted by Gasteiger charge is -2.06. The summed E-state index contributed by atoms with van der Waals surface area (Å²) in [5.41, 5.74) is 5.48. The smallest absolute Gasteiger partial charge is 0.303 e. The lowest BCUT2D eigenvalue weighted by atomic mass is 10.0. The summed E-state index contributed by atoms with van der Waals surface area (Å²) in [4.78, 5) is 34.6. The normalized spacial score (nSPS) is 10.7. The fraction of sp³-hybridized carbons (Fsp3) is 0.312. The minimum Gasteiger partial charge on any atom is -0.494 e. The molecule has 3 N–H and O–H groups in total. The van der Waals surface area contributed by atoms with Crippen LogP contribution in [-0.2, 0) is 16.0 Å². The van der Waals surface area contributed by atoms with Gasteiger partial charge in [-0.15, -0.1) is 11.3 Å². The van der Waals surface area contributed by atoms with Crippen molar-refractivity contribution in [1.82, 2.24) is 0 Å². The molecule has 23 heavy (non-hydrogen) atoms. The number of benzene rings is 1. The highest BCUT2D eigenvalue weighted by Crippen LogP contribution is 2.34. The Hall–Kier alpha value is -2.41. The molecule has 6 nitrogen and oxygen atoms in total. The highest BCUT2D eigenvalue weighted by Gasteiger charge is 2.22. The Morgan fingerprint density at radius 1 is 1.30 bits per heavy atom. The lowest BCUT2D eigenvalue weighted by Crippen LogP contribution is -2.23. The number of fused-ring (bicyclic) bond motifs is 1. The second kappa shape index (κ2) is 7.23. The van der Waals surface area contributed by atoms with E-state index < -0.39 is 17.7 Å². The second-order valence-corrected chi connectivity index (χ2v) is 6.09. The zero-order valence-electron chi connectivity index (χ0n) is 12.6. The van der Waals surface area contributed by atoms with Crippen LogP contribution in [-0.4, -0.2) is 29.4 Å². The highest BCUT2D eigenvalue weighted by atomic mass is 32.1. The maximum Gasteiger partial charge on any atom is 0.303 e. The molecule has 0 saturated carbocycles. The minimum absolute atomic E-state index is 0.0338. The Balaban J connectivity index is 2.30. The summed E-state index contributed by atoms with van der Waals surface area (Å²) in [6.45, 7) is 2.17. The summed E-state index contributed by atoms with van der Waals surface area (Å²) in [5.74, 6) is -2.02. The van der Waals surface area contributed by atoms with Crippen molar-refractivity contribution in [3.05, 3.63) is 28.6 Å². The van der Waals surface area contributed by atoms with E-state index in [1.807, 2.05) is 13.0 Å². The third-order valence-electron chi connectivity index (χ3n) is 3.31. The van der Waals surface area contributed by atoms with Crippen LogP contribution in [0.25, 0.3) is 10.1 Å². The van der Waals surface area contributed by atoms with Gasteiger partial charge in [-0.2, -0.15) is 0 Å². The molecule has 0 fully saturated rings. The summed E-state index contributed by atoms with van der Waals surface area (Å²) in [5, 5.41) is 9.24. The number of ketones is 1. The van der Waals surface area contributed by atoms with Gasteiger partial charge in [0.1, 0.15) is 5.75 Å². The Bertz CT molecular complexity index is 765. The molecular formula is C16H17NO5S. The molecule has 0 unspecified atom stereocenters. The molecule has 2 aromatic rings. The number of carboxylic acid groups (broad SMARTS) is 1. The van der Waals surface area contributed by atoms with Gasteiger partial charge < -0.3 is 15.6 Å². The summed E-state index contributed by atoms with van der Waals surface area (Å²) < 4.78 is 6.40. The zero-order valence-corrected chi connectivity index (χ0v) is 13.4. The van der Waals surface area contributed by atoms with Crippen molar-refractivity contribution in [3.63, 3.8) is 0 Å². The molecule has 1 aromatic carbocycles. The van der Waals surface area contributed by atoms with Crippen LogP contribution in [0.4, 0.5) is 0 Å². The Labute approximate surface area is 136 Å². The number of amides is 1. The minimum atomic E-state index is -0.979. The third-order valence-corrected chi connectivity index (χ3v) is 4.62. The number of rotatable bonds is 8. The van der Waals surface area contributed by atoms with E-state index in [-0.39, 0.29) is 13.0 Å². The SMILES string of the molecule is CCc1sc2ccc(OCCCC(=O)O)cc2c1C(=O)C(N)=O. The Morgan fingerprint density at radius 2 is 2.04 bits per heavy atom. The molecule has 0 bridgehead atoms. The average Bonchev–Trinajstić information content (AvgIpc) is 2.88. The van der Waals surface area contributed by atoms with Crippen LogP contribution in [0.3, 0.4) is 0 Å². The monoisotopic (exact) mass is 335 g/mol. The van der Waals surface area contributed by atoms with Gasteiger partial charge in [-0.25, -0.2) is 0 Å². The number of hydrogen-bond acceptors (Lipinski definition) is 5. The number of carbonyl (C=O) groups excluding carboxylic acids is 2. The van der Waals surface area contributed by atoms with Crippen LogP contribution in [0.2, 0.25) is 0 Å². The van der Waals surface area contributed by atoms with Gasteiger partial charge in [-0.1, -0.05) is 6.92 Å². The van der Waals surface area contributed by atoms with Crippen molar-refractivity contribution in [2.24, 2.45) is 5.73 Å². The van der Waals surface area contributed by atoms with E-state index in [0.717, 1.165) is 9.58 Å². The van der Waals surface area contributed by atoms with Crippen molar-refractivity contribution in [2.75, 3.05) is 6.61 Å². The quantitative estimate of drug-likeness (QED) is 0.437. The van der Waals surface area contributed by atoms with Gasteiger partial charge in [-0.05, 0) is 31.0 Å². The molecule has 1 aromatic heterocycles. The van der Waals surface area contributed by atoms with E-state index >= 15 is 0 Å². The third kappa shape index (κ3) is 3.87. The van der Waals surface area contributed by atoms with Crippen molar-refractivity contribution < 1.29 is 24.2 Å². The largest absolute Gasteiger partial charge is 0.494 e. The number of ether oxygens (including phenoxy) is 1. The van der Waals surface area contributed by atoms with Crippen molar-refractivity contribution >= 4 is 39.1 Å². The molecule has 0 atom stereocenters. The van der Waals surface area contributed by atoms with Gasteiger partial charge in [0.25, 0.3) is 11.7 Å². The van der Waals surface area contributed by atoms with E-state index in [2.05, 4.69) is 0 Å². The lowest BCUT2D eigenvalue weighted by molar-refractivity contribution is -0.137. The predicted octanol–water partition coefficient (Wildman–Crippen LogP) is 2.38. The van der Waals surface area contributed by atoms with E-state index in [4.69, 9.17) is 15.6 Å². The molecular weight excluding hydrogens is 318 g/mol. The summed E-state index contributed by atoms with van der Waals surface area (Å²) in [6.07, 6.45) is 1.05. The number of thiophene rings is 1. The predicted molar refractivity (Wildman–Crippen MR) is 87.1 cm³/mol. The summed E-state index contributed by atoms with van der Waals surface area (Å²) in [7, 11) is 0. The molecule has 0 aliphatic carbocycles. The van der Waals surface area contributed by atoms with Gasteiger partial charge in [0, 0.05) is 26.9 Å². The maximum absolute atomic E-state index is 12.1. The van der Waals surface area contributed by atoms with Gasteiger partial charge in [0.05, 0.1) is 6.61 Å². The average molecular weight is 335 g/mol. The zero-order chi connectivity index (χ0) is 17.0. The number of primary amides is 1. The molecule has 0 aliphatic heterocycles. The standard InChI is InChI=1S/C16H17NO5S/c1-2-11-14(15(20)16(17)21)10-8-9(5-6-12(10)23-11)22-7-3-4-13(18)19/h5-6,8H,2-4,7H2,1H3,(H2,17,21)(H,18,19). The molecule has 0 aliphatic rings. The van der Waals surface area contributed by atoms with E-state index in [9.17, 15) is 14.4 Å². The first-order chi connectivity index (χ1) is 10.9. The van der Waals surface area contributed by atoms with Gasteiger partial charge in [0.15, 0.2) is 0 Å². The van der Waals surface area contributed by atoms with Crippen LogP contribution >= 0.6 is 11.3 Å². The summed E-state index contributed by atoms with van der Waals surface area (Å²) >= 11 is 1.45. The van der Waals surface area contributed by atoms with Crippen LogP contribution in [0.15, 0.2) is 18.2 Å². The van der Waals surface area contributed by atoms with Crippen LogP contribution in [0, 0.1) is 0 Å². The van der Waals surface area contributed by atoms with Crippen LogP contribution < -0.4 is 10.5 Å². The number of hydrogen-bond donors (Lipinski definition) is 2. The van der Waals surface area contributed by atoms with Crippen molar-refractivity contribution in [3.8, 4) is 5.75 Å². The first kappa shape index (κ1) is 17.0. The molecule has 1 heterocycles. The van der Waals surface area contributed by atoms with E-state index in [0.29, 0.717) is 29.5 Å². The number of aliphatic carboxylic acids is 1. The number of aryl methyl sites for hydroxylation is 1. The highest BCUT2D eigenvalue weighted by molar-refractivity contribution is 7.19. The molecule has 7 heteroatoms. The first-order valence-electron chi connectivity index (χ1n) is 7.18. The van der Waals surface area contributed by atoms with Crippen LogP contribution in [0.1, 0.15) is 35.0 Å². The number of carbonyl (C=O) groups is 3. The number of Topliss-reactive ketones (excluding diaryl/α,β-unsaturated/α-hetero) is 1. The topological polar surface area (TPSA) is 107 Å². The first-order valence-corrected chi connectivity index (χ1v) is 7.99. The van der Waals surface area contributed by atoms with E-state index in [1.165, 1.54) is 11.3 Å². The molecule has 0 radical (unpaired) electrons. The molecule has 0 spiro atoms. The van der Waals surface area contributed by atoms with Gasteiger partial charge >= 0.3 is 5.97 Å². The second-order valence-electron chi connectivity index (χ2n) is 4.95. The van der Waals surface area contributed by atoms with Gasteiger partial charge in [-0.3, -0.25) is 14.4 Å². The van der Waals surface area contributed by atoms with Gasteiger partial charge in [0.2, 0.25) is 0 Å². The fourth-order valence-corrected chi connectivity index (χ4v) is 3.37. The van der Waals surface area contributed by atoms with Crippen molar-refractivity contribution in [1.29, 1.82) is 0 Å². The van der Waals surface area contributed by atoms with Crippen molar-refractivity contribution in [2.45, 2.75) is 26.2 Å². The Kier molecular flexibility index (Phi) is 5.33. The molecule has 2 rings (SSSR count). The van der Waals surface area contributed by atoms with E-state index in [1.54, 1.807) is 12.1 Å². The molecule has 122 valence electrons.